The molecule has 0 atom stereocenters. The number of nitrogens with two attached hydrogens (primary N) is 1. The number of amides is 1. The van der Waals surface area contributed by atoms with E-state index in [1.54, 1.807) is 31.2 Å². The first-order valence-corrected chi connectivity index (χ1v) is 6.11. The number of allylic oxidation sites excluding steroid dienone is 6. The van der Waals surface area contributed by atoms with Crippen LogP contribution < -0.4 is 5.84 Å². The summed E-state index contributed by atoms with van der Waals surface area (Å²) in [5.41, 5.74) is 2.20. The predicted molar refractivity (Wildman–Crippen MR) is 75.2 cm³/mol. The average molecular weight is 269 g/mol. The molecule has 1 aromatic rings. The Kier molecular flexibility index (Phi) is 3.91. The first-order chi connectivity index (χ1) is 9.50. The fourth-order valence-electron chi connectivity index (χ4n) is 1.84. The Morgan fingerprint density at radius 3 is 2.55 bits per heavy atom. The maximum Gasteiger partial charge on any atom is 0.272 e. The van der Waals surface area contributed by atoms with Crippen LogP contribution in [-0.4, -0.2) is 21.7 Å². The Hall–Kier alpha value is -2.53. The second-order valence-electron chi connectivity index (χ2n) is 4.50. The molecule has 0 aromatic carbocycles. The van der Waals surface area contributed by atoms with Crippen LogP contribution in [0.25, 0.3) is 0 Å². The molecule has 0 fully saturated rings. The molecule has 0 saturated heterocycles. The standard InChI is InChI=1S/C15H15N3O2/c1-10-3-4-14(19)13(9-10)11(2)18(16)15(20)12-5-7-17-8-6-12/h3-9H,16H2,1-2H3. The van der Waals surface area contributed by atoms with Gasteiger partial charge in [0.25, 0.3) is 5.91 Å². The second kappa shape index (κ2) is 5.63. The predicted octanol–water partition coefficient (Wildman–Crippen LogP) is 1.76. The van der Waals surface area contributed by atoms with E-state index in [2.05, 4.69) is 4.98 Å². The fourth-order valence-corrected chi connectivity index (χ4v) is 1.84. The number of ketones is 1. The molecule has 2 N–H and O–H groups in total. The minimum absolute atomic E-state index is 0.161. The van der Waals surface area contributed by atoms with Gasteiger partial charge >= 0.3 is 0 Å². The second-order valence-corrected chi connectivity index (χ2v) is 4.50. The average Bonchev–Trinajstić information content (AvgIpc) is 2.48. The summed E-state index contributed by atoms with van der Waals surface area (Å²) in [6.45, 7) is 3.52. The lowest BCUT2D eigenvalue weighted by atomic mass is 10.00. The zero-order chi connectivity index (χ0) is 14.7. The lowest BCUT2D eigenvalue weighted by Crippen LogP contribution is -2.37. The van der Waals surface area contributed by atoms with Crippen LogP contribution in [0.15, 0.2) is 59.6 Å². The molecule has 0 unspecified atom stereocenters. The van der Waals surface area contributed by atoms with Crippen LogP contribution in [0, 0.1) is 0 Å². The van der Waals surface area contributed by atoms with Crippen molar-refractivity contribution in [1.82, 2.24) is 9.99 Å². The summed E-state index contributed by atoms with van der Waals surface area (Å²) < 4.78 is 0. The molecule has 0 bridgehead atoms. The molecule has 20 heavy (non-hydrogen) atoms. The van der Waals surface area contributed by atoms with Crippen LogP contribution in [-0.2, 0) is 4.79 Å². The van der Waals surface area contributed by atoms with Gasteiger partial charge in [0.15, 0.2) is 5.78 Å². The Balaban J connectivity index is 2.34. The molecule has 5 heteroatoms. The van der Waals surface area contributed by atoms with Crippen molar-refractivity contribution < 1.29 is 9.59 Å². The number of carbonyl (C=O) groups is 2. The van der Waals surface area contributed by atoms with Gasteiger partial charge in [-0.15, -0.1) is 0 Å². The summed E-state index contributed by atoms with van der Waals surface area (Å²) in [5.74, 6) is 5.29. The van der Waals surface area contributed by atoms with Crippen molar-refractivity contribution in [3.8, 4) is 0 Å². The number of hydrogen-bond donors (Lipinski definition) is 1. The highest BCUT2D eigenvalue weighted by Crippen LogP contribution is 2.18. The normalized spacial score (nSPS) is 16.8. The minimum Gasteiger partial charge on any atom is -0.289 e. The summed E-state index contributed by atoms with van der Waals surface area (Å²) in [5, 5.41) is 0.992. The van der Waals surface area contributed by atoms with Crippen LogP contribution in [0.3, 0.4) is 0 Å². The summed E-state index contributed by atoms with van der Waals surface area (Å²) in [7, 11) is 0. The highest BCUT2D eigenvalue weighted by molar-refractivity contribution is 6.08. The zero-order valence-electron chi connectivity index (χ0n) is 11.3. The maximum absolute atomic E-state index is 12.2. The Bertz CT molecular complexity index is 642. The quantitative estimate of drug-likeness (QED) is 0.384. The third-order valence-electron chi connectivity index (χ3n) is 3.03. The summed E-state index contributed by atoms with van der Waals surface area (Å²) in [6.07, 6.45) is 7.95. The number of aromatic nitrogens is 1. The van der Waals surface area contributed by atoms with Gasteiger partial charge in [0.1, 0.15) is 0 Å². The van der Waals surface area contributed by atoms with Gasteiger partial charge in [0.05, 0.1) is 0 Å². The first kappa shape index (κ1) is 13.9. The molecule has 1 heterocycles. The number of rotatable bonds is 2. The fraction of sp³-hybridized carbons (Fsp3) is 0.133. The van der Waals surface area contributed by atoms with E-state index >= 15 is 0 Å². The summed E-state index contributed by atoms with van der Waals surface area (Å²) in [6, 6.07) is 3.15. The minimum atomic E-state index is -0.384. The molecule has 2 rings (SSSR count). The van der Waals surface area contributed by atoms with Gasteiger partial charge in [-0.25, -0.2) is 10.9 Å². The topological polar surface area (TPSA) is 76.3 Å². The number of nitrogens with zero attached hydrogens (tertiary/aromatic N) is 2. The van der Waals surface area contributed by atoms with E-state index in [0.717, 1.165) is 10.6 Å². The van der Waals surface area contributed by atoms with Gasteiger partial charge < -0.3 is 0 Å². The molecule has 1 aliphatic carbocycles. The summed E-state index contributed by atoms with van der Waals surface area (Å²) >= 11 is 0. The van der Waals surface area contributed by atoms with E-state index in [-0.39, 0.29) is 11.7 Å². The van der Waals surface area contributed by atoms with Crippen molar-refractivity contribution in [2.75, 3.05) is 0 Å². The maximum atomic E-state index is 12.2. The first-order valence-electron chi connectivity index (χ1n) is 6.11. The van der Waals surface area contributed by atoms with Crippen LogP contribution in [0.1, 0.15) is 24.2 Å². The van der Waals surface area contributed by atoms with Crippen molar-refractivity contribution in [3.63, 3.8) is 0 Å². The van der Waals surface area contributed by atoms with Gasteiger partial charge in [-0.1, -0.05) is 11.6 Å². The Morgan fingerprint density at radius 1 is 1.25 bits per heavy atom. The third-order valence-corrected chi connectivity index (χ3v) is 3.03. The molecule has 1 aliphatic rings. The van der Waals surface area contributed by atoms with Crippen LogP contribution >= 0.6 is 0 Å². The molecule has 0 aliphatic heterocycles. The molecule has 0 radical (unpaired) electrons. The molecule has 1 aromatic heterocycles. The zero-order valence-corrected chi connectivity index (χ0v) is 11.3. The van der Waals surface area contributed by atoms with E-state index in [0.29, 0.717) is 16.8 Å². The molecular formula is C15H15N3O2. The number of pyridine rings is 1. The third kappa shape index (κ3) is 2.73. The summed E-state index contributed by atoms with van der Waals surface area (Å²) in [4.78, 5) is 27.9. The van der Waals surface area contributed by atoms with Crippen LogP contribution in [0.4, 0.5) is 0 Å². The van der Waals surface area contributed by atoms with Crippen molar-refractivity contribution in [1.29, 1.82) is 0 Å². The van der Waals surface area contributed by atoms with Gasteiger partial charge in [-0.3, -0.25) is 14.6 Å². The van der Waals surface area contributed by atoms with Crippen molar-refractivity contribution in [3.05, 3.63) is 65.2 Å². The smallest absolute Gasteiger partial charge is 0.272 e. The molecule has 102 valence electrons. The van der Waals surface area contributed by atoms with Crippen molar-refractivity contribution in [2.24, 2.45) is 5.84 Å². The SMILES string of the molecule is CC1=CC(=C(C)N(N)C(=O)c2ccncc2)C(=O)C=C1. The van der Waals surface area contributed by atoms with Crippen molar-refractivity contribution >= 4 is 11.7 Å². The number of hydrazine groups is 1. The molecule has 0 spiro atoms. The lowest BCUT2D eigenvalue weighted by molar-refractivity contribution is -0.111. The molecular weight excluding hydrogens is 254 g/mol. The van der Waals surface area contributed by atoms with E-state index in [4.69, 9.17) is 5.84 Å². The largest absolute Gasteiger partial charge is 0.289 e. The highest BCUT2D eigenvalue weighted by atomic mass is 16.2. The number of hydrogen-bond acceptors (Lipinski definition) is 4. The Morgan fingerprint density at radius 2 is 1.90 bits per heavy atom. The monoisotopic (exact) mass is 269 g/mol. The molecule has 1 amide bonds. The van der Waals surface area contributed by atoms with Gasteiger partial charge in [0, 0.05) is 29.2 Å². The highest BCUT2D eigenvalue weighted by Gasteiger charge is 2.19. The van der Waals surface area contributed by atoms with Gasteiger partial charge in [-0.05, 0) is 38.1 Å². The molecule has 5 nitrogen and oxygen atoms in total. The van der Waals surface area contributed by atoms with Gasteiger partial charge in [0.2, 0.25) is 0 Å². The van der Waals surface area contributed by atoms with E-state index < -0.39 is 0 Å². The van der Waals surface area contributed by atoms with Crippen LogP contribution in [0.2, 0.25) is 0 Å². The Labute approximate surface area is 117 Å². The van der Waals surface area contributed by atoms with E-state index in [1.165, 1.54) is 18.5 Å². The van der Waals surface area contributed by atoms with E-state index in [9.17, 15) is 9.59 Å². The van der Waals surface area contributed by atoms with Gasteiger partial charge in [-0.2, -0.15) is 0 Å². The molecule has 0 saturated carbocycles. The number of carbonyl (C=O) groups excluding carboxylic acids is 2. The van der Waals surface area contributed by atoms with E-state index in [1.807, 2.05) is 6.92 Å². The lowest BCUT2D eigenvalue weighted by Gasteiger charge is -2.20. The van der Waals surface area contributed by atoms with Crippen molar-refractivity contribution in [2.45, 2.75) is 13.8 Å². The van der Waals surface area contributed by atoms with Crippen LogP contribution in [0.5, 0.6) is 0 Å².